The number of nitrogens with zero attached hydrogens (tertiary/aromatic N) is 4. The van der Waals surface area contributed by atoms with Gasteiger partial charge < -0.3 is 14.5 Å². The monoisotopic (exact) mass is 457 g/mol. The van der Waals surface area contributed by atoms with Gasteiger partial charge in [0.2, 0.25) is 5.89 Å². The van der Waals surface area contributed by atoms with Gasteiger partial charge in [-0.25, -0.2) is 14.2 Å². The van der Waals surface area contributed by atoms with Crippen LogP contribution < -0.4 is 15.0 Å². The molecule has 0 fully saturated rings. The lowest BCUT2D eigenvalue weighted by Gasteiger charge is -2.33. The van der Waals surface area contributed by atoms with Crippen LogP contribution in [0.5, 0.6) is 5.75 Å². The predicted molar refractivity (Wildman–Crippen MR) is 122 cm³/mol. The second kappa shape index (κ2) is 7.95. The number of nitrogens with one attached hydrogen (secondary N) is 1. The Labute approximate surface area is 194 Å². The third-order valence-electron chi connectivity index (χ3n) is 6.20. The normalized spacial score (nSPS) is 16.9. The molecule has 1 unspecified atom stereocenters. The van der Waals surface area contributed by atoms with E-state index in [1.54, 1.807) is 35.6 Å². The van der Waals surface area contributed by atoms with Crippen LogP contribution in [0.4, 0.5) is 20.6 Å². The average Bonchev–Trinajstić information content (AvgIpc) is 3.38. The van der Waals surface area contributed by atoms with E-state index in [-0.39, 0.29) is 18.4 Å². The van der Waals surface area contributed by atoms with Gasteiger partial charge in [0.1, 0.15) is 35.3 Å². The molecule has 1 aromatic carbocycles. The lowest BCUT2D eigenvalue weighted by atomic mass is 9.97. The van der Waals surface area contributed by atoms with Gasteiger partial charge in [0.25, 0.3) is 0 Å². The summed E-state index contributed by atoms with van der Waals surface area (Å²) in [6.07, 6.45) is 7.09. The van der Waals surface area contributed by atoms with Crippen LogP contribution in [0.25, 0.3) is 11.6 Å². The third kappa shape index (κ3) is 3.37. The number of hydrogen-bond acceptors (Lipinski definition) is 6. The van der Waals surface area contributed by atoms with E-state index in [4.69, 9.17) is 9.15 Å². The van der Waals surface area contributed by atoms with Crippen molar-refractivity contribution in [3.8, 4) is 17.3 Å². The van der Waals surface area contributed by atoms with Crippen molar-refractivity contribution in [3.63, 3.8) is 0 Å². The van der Waals surface area contributed by atoms with E-state index >= 15 is 0 Å². The van der Waals surface area contributed by atoms with Crippen LogP contribution in [-0.2, 0) is 13.0 Å². The number of amides is 2. The summed E-state index contributed by atoms with van der Waals surface area (Å²) < 4.78 is 25.9. The minimum Gasteiger partial charge on any atom is -0.484 e. The number of carbonyl (C=O) groups excluding carboxylic acids is 1. The molecule has 34 heavy (non-hydrogen) atoms. The van der Waals surface area contributed by atoms with Crippen molar-refractivity contribution < 1.29 is 18.3 Å². The first-order valence-corrected chi connectivity index (χ1v) is 11.0. The minimum absolute atomic E-state index is 0.261. The standard InChI is InChI=1S/C25H20FN5O3/c1-14-11-15-4-5-20(23-17(26)3-2-7-27-23)34-21(15)12-19(14)31-13-16-18(30-25(31)32)6-8-28-22(16)24-29-9-10-33-24/h2-3,6-12,20H,4-5,13H2,1H3,(H,30,32). The Morgan fingerprint density at radius 3 is 2.88 bits per heavy atom. The molecule has 1 atom stereocenters. The topological polar surface area (TPSA) is 93.4 Å². The van der Waals surface area contributed by atoms with Crippen LogP contribution in [0.3, 0.4) is 0 Å². The minimum atomic E-state index is -0.485. The number of pyridine rings is 2. The Morgan fingerprint density at radius 2 is 2.06 bits per heavy atom. The van der Waals surface area contributed by atoms with Gasteiger partial charge in [-0.05, 0) is 49.1 Å². The Balaban J connectivity index is 1.36. The zero-order valence-electron chi connectivity index (χ0n) is 18.3. The first-order chi connectivity index (χ1) is 16.6. The van der Waals surface area contributed by atoms with E-state index in [0.29, 0.717) is 40.8 Å². The van der Waals surface area contributed by atoms with Crippen molar-refractivity contribution in [1.29, 1.82) is 0 Å². The number of halogens is 1. The summed E-state index contributed by atoms with van der Waals surface area (Å²) in [5, 5.41) is 2.94. The summed E-state index contributed by atoms with van der Waals surface area (Å²) in [6.45, 7) is 2.24. The number of carbonyl (C=O) groups is 1. The third-order valence-corrected chi connectivity index (χ3v) is 6.20. The van der Waals surface area contributed by atoms with Gasteiger partial charge in [-0.15, -0.1) is 0 Å². The van der Waals surface area contributed by atoms with Gasteiger partial charge in [-0.2, -0.15) is 0 Å². The number of urea groups is 1. The van der Waals surface area contributed by atoms with Crippen molar-refractivity contribution in [3.05, 3.63) is 83.4 Å². The molecular weight excluding hydrogens is 437 g/mol. The molecule has 2 aliphatic heterocycles. The maximum atomic E-state index is 14.3. The zero-order valence-corrected chi connectivity index (χ0v) is 18.3. The number of anilines is 2. The Kier molecular flexibility index (Phi) is 4.75. The summed E-state index contributed by atoms with van der Waals surface area (Å²) >= 11 is 0. The fraction of sp³-hybridized carbons (Fsp3) is 0.200. The van der Waals surface area contributed by atoms with E-state index in [1.807, 2.05) is 19.1 Å². The molecule has 8 nitrogen and oxygen atoms in total. The maximum Gasteiger partial charge on any atom is 0.326 e. The molecule has 0 bridgehead atoms. The lowest BCUT2D eigenvalue weighted by Crippen LogP contribution is -2.39. The number of rotatable bonds is 3. The molecule has 0 saturated carbocycles. The molecule has 1 N–H and O–H groups in total. The maximum absolute atomic E-state index is 14.3. The highest BCUT2D eigenvalue weighted by Crippen LogP contribution is 2.41. The molecule has 4 aromatic rings. The van der Waals surface area contributed by atoms with Crippen molar-refractivity contribution in [2.24, 2.45) is 0 Å². The molecule has 0 saturated heterocycles. The number of oxazole rings is 1. The second-order valence-electron chi connectivity index (χ2n) is 8.30. The number of ether oxygens (including phenoxy) is 1. The van der Waals surface area contributed by atoms with Crippen LogP contribution in [0, 0.1) is 12.7 Å². The van der Waals surface area contributed by atoms with Crippen LogP contribution in [-0.4, -0.2) is 21.0 Å². The molecule has 2 aliphatic rings. The summed E-state index contributed by atoms with van der Waals surface area (Å²) in [5.41, 5.74) is 5.00. The number of hydrogen-bond donors (Lipinski definition) is 1. The number of aryl methyl sites for hydroxylation is 2. The Bertz CT molecular complexity index is 1410. The van der Waals surface area contributed by atoms with Crippen LogP contribution >= 0.6 is 0 Å². The first kappa shape index (κ1) is 20.3. The smallest absolute Gasteiger partial charge is 0.326 e. The molecule has 9 heteroatoms. The van der Waals surface area contributed by atoms with Gasteiger partial charge in [-0.1, -0.05) is 6.07 Å². The van der Waals surface area contributed by atoms with Crippen LogP contribution in [0.15, 0.2) is 59.6 Å². The molecule has 2 amide bonds. The molecule has 0 radical (unpaired) electrons. The number of fused-ring (bicyclic) bond motifs is 2. The van der Waals surface area contributed by atoms with Gasteiger partial charge in [0, 0.05) is 24.0 Å². The molecule has 0 aliphatic carbocycles. The molecule has 170 valence electrons. The lowest BCUT2D eigenvalue weighted by molar-refractivity contribution is 0.167. The highest BCUT2D eigenvalue weighted by molar-refractivity contribution is 6.05. The highest BCUT2D eigenvalue weighted by Gasteiger charge is 2.31. The van der Waals surface area contributed by atoms with Crippen molar-refractivity contribution >= 4 is 17.4 Å². The van der Waals surface area contributed by atoms with Crippen molar-refractivity contribution in [2.75, 3.05) is 10.2 Å². The molecule has 6 rings (SSSR count). The zero-order chi connectivity index (χ0) is 23.2. The number of aromatic nitrogens is 3. The molecule has 5 heterocycles. The number of benzene rings is 1. The van der Waals surface area contributed by atoms with Gasteiger partial charge in [0.15, 0.2) is 0 Å². The van der Waals surface area contributed by atoms with Crippen molar-refractivity contribution in [2.45, 2.75) is 32.4 Å². The van der Waals surface area contributed by atoms with Crippen LogP contribution in [0.1, 0.15) is 34.9 Å². The Hall–Kier alpha value is -4.27. The largest absolute Gasteiger partial charge is 0.484 e. The second-order valence-corrected chi connectivity index (χ2v) is 8.30. The Morgan fingerprint density at radius 1 is 1.15 bits per heavy atom. The summed E-state index contributed by atoms with van der Waals surface area (Å²) in [6, 6.07) is 8.32. The van der Waals surface area contributed by atoms with E-state index in [9.17, 15) is 9.18 Å². The highest BCUT2D eigenvalue weighted by atomic mass is 19.1. The predicted octanol–water partition coefficient (Wildman–Crippen LogP) is 5.20. The van der Waals surface area contributed by atoms with E-state index < -0.39 is 6.10 Å². The summed E-state index contributed by atoms with van der Waals surface area (Å²) in [5.74, 6) is 0.625. The van der Waals surface area contributed by atoms with Gasteiger partial charge in [0.05, 0.1) is 24.1 Å². The fourth-order valence-corrected chi connectivity index (χ4v) is 4.56. The molecule has 0 spiro atoms. The van der Waals surface area contributed by atoms with E-state index in [2.05, 4.69) is 20.3 Å². The molecular formula is C25H20FN5O3. The van der Waals surface area contributed by atoms with E-state index in [0.717, 1.165) is 23.1 Å². The summed E-state index contributed by atoms with van der Waals surface area (Å²) in [7, 11) is 0. The van der Waals surface area contributed by atoms with Crippen molar-refractivity contribution in [1.82, 2.24) is 15.0 Å². The van der Waals surface area contributed by atoms with Gasteiger partial charge in [-0.3, -0.25) is 14.9 Å². The molecule has 3 aromatic heterocycles. The average molecular weight is 457 g/mol. The van der Waals surface area contributed by atoms with Crippen LogP contribution in [0.2, 0.25) is 0 Å². The fourth-order valence-electron chi connectivity index (χ4n) is 4.56. The first-order valence-electron chi connectivity index (χ1n) is 11.0. The summed E-state index contributed by atoms with van der Waals surface area (Å²) in [4.78, 5) is 27.5. The quantitative estimate of drug-likeness (QED) is 0.455. The SMILES string of the molecule is Cc1cc2c(cc1N1Cc3c(ccnc3-c3ncco3)NC1=O)OC(c1ncccc1F)CC2. The van der Waals surface area contributed by atoms with Gasteiger partial charge >= 0.3 is 6.03 Å². The van der Waals surface area contributed by atoms with E-state index in [1.165, 1.54) is 12.3 Å².